The lowest BCUT2D eigenvalue weighted by Gasteiger charge is -2.31. The standard InChI is InChI=1S/C13H17ClFNO/c14-10-3-4-11(15)9(6-10)7-13(8-16)5-1-2-12(13)17/h3-4,6,12,17H,1-2,5,7-8,16H2. The third-order valence-electron chi connectivity index (χ3n) is 3.82. The molecule has 0 radical (unpaired) electrons. The Hall–Kier alpha value is -0.640. The van der Waals surface area contributed by atoms with Crippen LogP contribution in [0.2, 0.25) is 5.02 Å². The number of aliphatic hydroxyl groups is 1. The van der Waals surface area contributed by atoms with Gasteiger partial charge in [-0.2, -0.15) is 0 Å². The van der Waals surface area contributed by atoms with E-state index < -0.39 is 6.10 Å². The van der Waals surface area contributed by atoms with Crippen molar-refractivity contribution in [1.82, 2.24) is 0 Å². The predicted octanol–water partition coefficient (Wildman–Crippen LogP) is 2.51. The molecular formula is C13H17ClFNO. The maximum absolute atomic E-state index is 13.7. The van der Waals surface area contributed by atoms with Gasteiger partial charge in [0, 0.05) is 17.0 Å². The van der Waals surface area contributed by atoms with Crippen LogP contribution in [0.1, 0.15) is 24.8 Å². The summed E-state index contributed by atoms with van der Waals surface area (Å²) >= 11 is 5.87. The van der Waals surface area contributed by atoms with Gasteiger partial charge in [0.1, 0.15) is 5.82 Å². The van der Waals surface area contributed by atoms with E-state index in [0.29, 0.717) is 23.6 Å². The quantitative estimate of drug-likeness (QED) is 0.874. The molecule has 0 amide bonds. The van der Waals surface area contributed by atoms with E-state index in [0.717, 1.165) is 19.3 Å². The van der Waals surface area contributed by atoms with Gasteiger partial charge in [-0.25, -0.2) is 4.39 Å². The highest BCUT2D eigenvalue weighted by Gasteiger charge is 2.41. The van der Waals surface area contributed by atoms with Gasteiger partial charge >= 0.3 is 0 Å². The Balaban J connectivity index is 2.27. The summed E-state index contributed by atoms with van der Waals surface area (Å²) in [4.78, 5) is 0. The Bertz CT molecular complexity index is 412. The molecule has 2 unspecified atom stereocenters. The van der Waals surface area contributed by atoms with E-state index in [9.17, 15) is 9.50 Å². The van der Waals surface area contributed by atoms with Crippen molar-refractivity contribution in [2.75, 3.05) is 6.54 Å². The van der Waals surface area contributed by atoms with Gasteiger partial charge in [-0.3, -0.25) is 0 Å². The van der Waals surface area contributed by atoms with Crippen molar-refractivity contribution in [3.63, 3.8) is 0 Å². The molecule has 4 heteroatoms. The zero-order valence-corrected chi connectivity index (χ0v) is 10.4. The molecule has 0 aromatic heterocycles. The second-order valence-corrected chi connectivity index (χ2v) is 5.32. The van der Waals surface area contributed by atoms with E-state index >= 15 is 0 Å². The van der Waals surface area contributed by atoms with Gasteiger partial charge in [-0.05, 0) is 43.0 Å². The van der Waals surface area contributed by atoms with Gasteiger partial charge < -0.3 is 10.8 Å². The zero-order valence-electron chi connectivity index (χ0n) is 9.63. The number of aliphatic hydroxyl groups excluding tert-OH is 1. The minimum absolute atomic E-state index is 0.277. The van der Waals surface area contributed by atoms with Crippen molar-refractivity contribution in [1.29, 1.82) is 0 Å². The topological polar surface area (TPSA) is 46.2 Å². The summed E-state index contributed by atoms with van der Waals surface area (Å²) in [6, 6.07) is 4.52. The minimum Gasteiger partial charge on any atom is -0.392 e. The molecule has 0 saturated heterocycles. The Morgan fingerprint density at radius 3 is 2.88 bits per heavy atom. The molecule has 1 saturated carbocycles. The Labute approximate surface area is 106 Å². The number of halogens is 2. The largest absolute Gasteiger partial charge is 0.392 e. The van der Waals surface area contributed by atoms with Crippen molar-refractivity contribution in [3.05, 3.63) is 34.6 Å². The summed E-state index contributed by atoms with van der Waals surface area (Å²) in [6.45, 7) is 0.375. The van der Waals surface area contributed by atoms with Crippen LogP contribution in [0.15, 0.2) is 18.2 Å². The molecule has 0 bridgehead atoms. The Morgan fingerprint density at radius 2 is 2.29 bits per heavy atom. The molecule has 2 rings (SSSR count). The van der Waals surface area contributed by atoms with Gasteiger partial charge in [0.05, 0.1) is 6.10 Å². The van der Waals surface area contributed by atoms with E-state index in [2.05, 4.69) is 0 Å². The van der Waals surface area contributed by atoms with Crippen molar-refractivity contribution >= 4 is 11.6 Å². The molecule has 1 aromatic rings. The summed E-state index contributed by atoms with van der Waals surface area (Å²) in [6.07, 6.45) is 2.55. The Morgan fingerprint density at radius 1 is 1.53 bits per heavy atom. The lowest BCUT2D eigenvalue weighted by molar-refractivity contribution is 0.0582. The molecule has 0 spiro atoms. The third kappa shape index (κ3) is 2.46. The van der Waals surface area contributed by atoms with Crippen LogP contribution in [0.5, 0.6) is 0 Å². The summed E-state index contributed by atoms with van der Waals surface area (Å²) in [5.41, 5.74) is 5.94. The number of hydrogen-bond acceptors (Lipinski definition) is 2. The number of benzene rings is 1. The summed E-state index contributed by atoms with van der Waals surface area (Å²) in [5, 5.41) is 10.5. The fraction of sp³-hybridized carbons (Fsp3) is 0.538. The van der Waals surface area contributed by atoms with Gasteiger partial charge in [0.2, 0.25) is 0 Å². The lowest BCUT2D eigenvalue weighted by atomic mass is 9.78. The summed E-state index contributed by atoms with van der Waals surface area (Å²) in [5.74, 6) is -0.277. The fourth-order valence-electron chi connectivity index (χ4n) is 2.69. The molecule has 1 fully saturated rings. The highest BCUT2D eigenvalue weighted by Crippen LogP contribution is 2.41. The number of rotatable bonds is 3. The highest BCUT2D eigenvalue weighted by atomic mass is 35.5. The molecular weight excluding hydrogens is 241 g/mol. The normalized spacial score (nSPS) is 28.6. The predicted molar refractivity (Wildman–Crippen MR) is 66.5 cm³/mol. The number of nitrogens with two attached hydrogens (primary N) is 1. The van der Waals surface area contributed by atoms with E-state index in [4.69, 9.17) is 17.3 Å². The monoisotopic (exact) mass is 257 g/mol. The molecule has 0 heterocycles. The van der Waals surface area contributed by atoms with Crippen molar-refractivity contribution in [2.24, 2.45) is 11.1 Å². The molecule has 17 heavy (non-hydrogen) atoms. The first-order valence-electron chi connectivity index (χ1n) is 5.89. The van der Waals surface area contributed by atoms with Crippen LogP contribution >= 0.6 is 11.6 Å². The smallest absolute Gasteiger partial charge is 0.126 e. The molecule has 94 valence electrons. The summed E-state index contributed by atoms with van der Waals surface area (Å²) < 4.78 is 13.7. The van der Waals surface area contributed by atoms with Crippen molar-refractivity contribution < 1.29 is 9.50 Å². The highest BCUT2D eigenvalue weighted by molar-refractivity contribution is 6.30. The number of hydrogen-bond donors (Lipinski definition) is 2. The van der Waals surface area contributed by atoms with Crippen molar-refractivity contribution in [2.45, 2.75) is 31.8 Å². The second kappa shape index (κ2) is 4.92. The third-order valence-corrected chi connectivity index (χ3v) is 4.05. The van der Waals surface area contributed by atoms with Crippen LogP contribution in [-0.2, 0) is 6.42 Å². The molecule has 1 aliphatic rings. The van der Waals surface area contributed by atoms with E-state index in [1.54, 1.807) is 6.07 Å². The molecule has 1 aromatic carbocycles. The first-order valence-corrected chi connectivity index (χ1v) is 6.27. The van der Waals surface area contributed by atoms with Crippen LogP contribution in [0.4, 0.5) is 4.39 Å². The van der Waals surface area contributed by atoms with Crippen LogP contribution < -0.4 is 5.73 Å². The molecule has 2 atom stereocenters. The van der Waals surface area contributed by atoms with Crippen LogP contribution in [0, 0.1) is 11.2 Å². The van der Waals surface area contributed by atoms with E-state index in [-0.39, 0.29) is 11.2 Å². The first kappa shape index (κ1) is 12.8. The molecule has 2 nitrogen and oxygen atoms in total. The molecule has 3 N–H and O–H groups in total. The second-order valence-electron chi connectivity index (χ2n) is 4.89. The molecule has 1 aliphatic carbocycles. The minimum atomic E-state index is -0.439. The average Bonchev–Trinajstić information content (AvgIpc) is 2.66. The zero-order chi connectivity index (χ0) is 12.5. The maximum Gasteiger partial charge on any atom is 0.126 e. The van der Waals surface area contributed by atoms with Crippen LogP contribution in [0.3, 0.4) is 0 Å². The summed E-state index contributed by atoms with van der Waals surface area (Å²) in [7, 11) is 0. The van der Waals surface area contributed by atoms with Crippen LogP contribution in [-0.4, -0.2) is 17.8 Å². The van der Waals surface area contributed by atoms with Crippen molar-refractivity contribution in [3.8, 4) is 0 Å². The van der Waals surface area contributed by atoms with Gasteiger partial charge in [0.25, 0.3) is 0 Å². The van der Waals surface area contributed by atoms with Gasteiger partial charge in [-0.1, -0.05) is 18.0 Å². The van der Waals surface area contributed by atoms with Gasteiger partial charge in [0.15, 0.2) is 0 Å². The first-order chi connectivity index (χ1) is 8.07. The SMILES string of the molecule is NCC1(Cc2cc(Cl)ccc2F)CCCC1O. The van der Waals surface area contributed by atoms with Gasteiger partial charge in [-0.15, -0.1) is 0 Å². The molecule has 0 aliphatic heterocycles. The lowest BCUT2D eigenvalue weighted by Crippen LogP contribution is -2.39. The Kier molecular flexibility index (Phi) is 3.71. The fourth-order valence-corrected chi connectivity index (χ4v) is 2.89. The van der Waals surface area contributed by atoms with E-state index in [1.807, 2.05) is 0 Å². The van der Waals surface area contributed by atoms with E-state index in [1.165, 1.54) is 12.1 Å². The maximum atomic E-state index is 13.7. The average molecular weight is 258 g/mol. The van der Waals surface area contributed by atoms with Crippen LogP contribution in [0.25, 0.3) is 0 Å².